The Kier molecular flexibility index (Phi) is 2.97. The minimum atomic E-state index is -0.265. The van der Waals surface area contributed by atoms with Crippen molar-refractivity contribution in [2.75, 3.05) is 14.2 Å². The normalized spacial score (nSPS) is 9.77. The number of phenols is 1. The third-order valence-electron chi connectivity index (χ3n) is 1.77. The van der Waals surface area contributed by atoms with Crippen LogP contribution in [0, 0.1) is 0 Å². The van der Waals surface area contributed by atoms with E-state index in [0.717, 1.165) is 0 Å². The highest BCUT2D eigenvalue weighted by Gasteiger charge is 2.09. The van der Waals surface area contributed by atoms with E-state index < -0.39 is 0 Å². The van der Waals surface area contributed by atoms with Crippen LogP contribution >= 0.6 is 0 Å². The Morgan fingerprint density at radius 3 is 2.38 bits per heavy atom. The molecule has 0 saturated carbocycles. The predicted molar refractivity (Wildman–Crippen MR) is 47.1 cm³/mol. The Balaban J connectivity index is 3.20. The lowest BCUT2D eigenvalue weighted by molar-refractivity contribution is 0.266. The van der Waals surface area contributed by atoms with Gasteiger partial charge in [0.1, 0.15) is 17.2 Å². The highest BCUT2D eigenvalue weighted by Crippen LogP contribution is 2.32. The average molecular weight is 184 g/mol. The first-order chi connectivity index (χ1) is 6.22. The molecule has 13 heavy (non-hydrogen) atoms. The number of rotatable bonds is 3. The number of benzene rings is 1. The van der Waals surface area contributed by atoms with E-state index in [1.165, 1.54) is 20.3 Å². The van der Waals surface area contributed by atoms with Crippen LogP contribution in [0.2, 0.25) is 0 Å². The number of methoxy groups -OCH3 is 2. The summed E-state index contributed by atoms with van der Waals surface area (Å²) in [4.78, 5) is 0. The molecule has 0 spiro atoms. The molecule has 4 heteroatoms. The van der Waals surface area contributed by atoms with Gasteiger partial charge in [-0.3, -0.25) is 0 Å². The van der Waals surface area contributed by atoms with Crippen molar-refractivity contribution in [3.63, 3.8) is 0 Å². The van der Waals surface area contributed by atoms with Gasteiger partial charge in [-0.05, 0) is 0 Å². The summed E-state index contributed by atoms with van der Waals surface area (Å²) in [5.41, 5.74) is 0.364. The van der Waals surface area contributed by atoms with Crippen molar-refractivity contribution in [3.05, 3.63) is 17.7 Å². The van der Waals surface area contributed by atoms with Crippen molar-refractivity contribution in [2.45, 2.75) is 6.61 Å². The van der Waals surface area contributed by atoms with Crippen molar-refractivity contribution in [1.82, 2.24) is 0 Å². The summed E-state index contributed by atoms with van der Waals surface area (Å²) in [6.45, 7) is -0.265. The topological polar surface area (TPSA) is 58.9 Å². The van der Waals surface area contributed by atoms with Gasteiger partial charge in [-0.1, -0.05) is 0 Å². The van der Waals surface area contributed by atoms with Crippen LogP contribution in [0.4, 0.5) is 0 Å². The van der Waals surface area contributed by atoms with Gasteiger partial charge < -0.3 is 19.7 Å². The summed E-state index contributed by atoms with van der Waals surface area (Å²) in [7, 11) is 2.96. The van der Waals surface area contributed by atoms with Gasteiger partial charge >= 0.3 is 0 Å². The fourth-order valence-corrected chi connectivity index (χ4v) is 1.06. The zero-order valence-electron chi connectivity index (χ0n) is 7.57. The first-order valence-electron chi connectivity index (χ1n) is 3.77. The maximum Gasteiger partial charge on any atom is 0.131 e. The van der Waals surface area contributed by atoms with Crippen LogP contribution in [-0.2, 0) is 6.61 Å². The maximum absolute atomic E-state index is 9.41. The molecule has 0 atom stereocenters. The van der Waals surface area contributed by atoms with Crippen molar-refractivity contribution in [2.24, 2.45) is 0 Å². The monoisotopic (exact) mass is 184 g/mol. The molecule has 1 aromatic carbocycles. The molecule has 0 bridgehead atoms. The van der Waals surface area contributed by atoms with E-state index in [4.69, 9.17) is 14.6 Å². The quantitative estimate of drug-likeness (QED) is 0.732. The van der Waals surface area contributed by atoms with Crippen LogP contribution in [0.3, 0.4) is 0 Å². The Bertz CT molecular complexity index is 296. The minimum Gasteiger partial charge on any atom is -0.507 e. The molecular weight excluding hydrogens is 172 g/mol. The second kappa shape index (κ2) is 4.00. The molecule has 0 aromatic heterocycles. The first kappa shape index (κ1) is 9.67. The lowest BCUT2D eigenvalue weighted by atomic mass is 10.2. The molecule has 0 fully saturated rings. The first-order valence-corrected chi connectivity index (χ1v) is 3.77. The average Bonchev–Trinajstić information content (AvgIpc) is 2.16. The van der Waals surface area contributed by atoms with E-state index in [-0.39, 0.29) is 12.4 Å². The SMILES string of the molecule is COc1cc(O)c(CO)c(OC)c1. The van der Waals surface area contributed by atoms with Gasteiger partial charge in [0, 0.05) is 12.1 Å². The van der Waals surface area contributed by atoms with Gasteiger partial charge in [0.05, 0.1) is 26.4 Å². The molecule has 0 aliphatic carbocycles. The Hall–Kier alpha value is -1.42. The standard InChI is InChI=1S/C9H12O4/c1-12-6-3-8(11)7(5-10)9(4-6)13-2/h3-4,10-11H,5H2,1-2H3. The second-order valence-electron chi connectivity index (χ2n) is 2.49. The van der Waals surface area contributed by atoms with E-state index in [2.05, 4.69) is 0 Å². The second-order valence-corrected chi connectivity index (χ2v) is 2.49. The predicted octanol–water partition coefficient (Wildman–Crippen LogP) is 0.902. The zero-order valence-corrected chi connectivity index (χ0v) is 7.57. The molecule has 0 saturated heterocycles. The number of aliphatic hydroxyl groups is 1. The van der Waals surface area contributed by atoms with Gasteiger partial charge in [0.25, 0.3) is 0 Å². The van der Waals surface area contributed by atoms with Crippen LogP contribution in [0.5, 0.6) is 17.2 Å². The van der Waals surface area contributed by atoms with E-state index in [0.29, 0.717) is 17.1 Å². The summed E-state index contributed by atoms with van der Waals surface area (Å²) in [5.74, 6) is 0.879. The van der Waals surface area contributed by atoms with Gasteiger partial charge in [-0.15, -0.1) is 0 Å². The molecule has 0 heterocycles. The molecule has 0 aliphatic rings. The summed E-state index contributed by atoms with van der Waals surface area (Å²) in [6.07, 6.45) is 0. The lowest BCUT2D eigenvalue weighted by Gasteiger charge is -2.10. The molecule has 1 aromatic rings. The fourth-order valence-electron chi connectivity index (χ4n) is 1.06. The highest BCUT2D eigenvalue weighted by molar-refractivity contribution is 5.49. The number of hydrogen-bond acceptors (Lipinski definition) is 4. The van der Waals surface area contributed by atoms with E-state index in [1.54, 1.807) is 6.07 Å². The lowest BCUT2D eigenvalue weighted by Crippen LogP contribution is -1.94. The molecule has 1 rings (SSSR count). The molecule has 0 radical (unpaired) electrons. The maximum atomic E-state index is 9.41. The van der Waals surface area contributed by atoms with E-state index in [1.807, 2.05) is 0 Å². The van der Waals surface area contributed by atoms with Crippen molar-refractivity contribution in [3.8, 4) is 17.2 Å². The van der Waals surface area contributed by atoms with E-state index >= 15 is 0 Å². The summed E-state index contributed by atoms with van der Waals surface area (Å²) < 4.78 is 9.87. The molecular formula is C9H12O4. The van der Waals surface area contributed by atoms with Crippen LogP contribution in [0.1, 0.15) is 5.56 Å². The van der Waals surface area contributed by atoms with Crippen LogP contribution in [-0.4, -0.2) is 24.4 Å². The van der Waals surface area contributed by atoms with Gasteiger partial charge in [-0.2, -0.15) is 0 Å². The molecule has 2 N–H and O–H groups in total. The molecule has 0 aliphatic heterocycles. The minimum absolute atomic E-state index is 0.0290. The molecule has 72 valence electrons. The van der Waals surface area contributed by atoms with Crippen molar-refractivity contribution < 1.29 is 19.7 Å². The summed E-state index contributed by atoms with van der Waals surface area (Å²) >= 11 is 0. The van der Waals surface area contributed by atoms with Gasteiger partial charge in [0.15, 0.2) is 0 Å². The van der Waals surface area contributed by atoms with E-state index in [9.17, 15) is 5.11 Å². The third kappa shape index (κ3) is 1.84. The van der Waals surface area contributed by atoms with Crippen LogP contribution in [0.15, 0.2) is 12.1 Å². The molecule has 0 unspecified atom stereocenters. The van der Waals surface area contributed by atoms with Gasteiger partial charge in [-0.25, -0.2) is 0 Å². The number of ether oxygens (including phenoxy) is 2. The Labute approximate surface area is 76.3 Å². The highest BCUT2D eigenvalue weighted by atomic mass is 16.5. The largest absolute Gasteiger partial charge is 0.507 e. The fraction of sp³-hybridized carbons (Fsp3) is 0.333. The Morgan fingerprint density at radius 2 is 1.92 bits per heavy atom. The third-order valence-corrected chi connectivity index (χ3v) is 1.77. The van der Waals surface area contributed by atoms with Crippen LogP contribution in [0.25, 0.3) is 0 Å². The van der Waals surface area contributed by atoms with Gasteiger partial charge in [0.2, 0.25) is 0 Å². The summed E-state index contributed by atoms with van der Waals surface area (Å²) in [6, 6.07) is 3.03. The van der Waals surface area contributed by atoms with Crippen molar-refractivity contribution >= 4 is 0 Å². The van der Waals surface area contributed by atoms with Crippen LogP contribution < -0.4 is 9.47 Å². The molecule has 0 amide bonds. The number of aromatic hydroxyl groups is 1. The smallest absolute Gasteiger partial charge is 0.131 e. The van der Waals surface area contributed by atoms with Crippen molar-refractivity contribution in [1.29, 1.82) is 0 Å². The molecule has 4 nitrogen and oxygen atoms in total. The number of aliphatic hydroxyl groups excluding tert-OH is 1. The summed E-state index contributed by atoms with van der Waals surface area (Å²) in [5, 5.41) is 18.3. The zero-order chi connectivity index (χ0) is 9.84. The Morgan fingerprint density at radius 1 is 1.23 bits per heavy atom. The number of hydrogen-bond donors (Lipinski definition) is 2.